The molecule has 0 bridgehead atoms. The summed E-state index contributed by atoms with van der Waals surface area (Å²) < 4.78 is 4.58. The predicted molar refractivity (Wildman–Crippen MR) is 58.1 cm³/mol. The summed E-state index contributed by atoms with van der Waals surface area (Å²) in [7, 11) is 0. The van der Waals surface area contributed by atoms with Crippen LogP contribution >= 0.6 is 11.8 Å². The van der Waals surface area contributed by atoms with Gasteiger partial charge in [0.2, 0.25) is 0 Å². The topological polar surface area (TPSA) is 26.3 Å². The molecule has 0 spiro atoms. The number of hydrogen-bond donors (Lipinski definition) is 0. The van der Waals surface area contributed by atoms with E-state index in [2.05, 4.69) is 13.8 Å². The lowest BCUT2D eigenvalue weighted by Crippen LogP contribution is -2.31. The fourth-order valence-electron chi connectivity index (χ4n) is 0.939. The van der Waals surface area contributed by atoms with Crippen molar-refractivity contribution in [3.63, 3.8) is 0 Å². The molecule has 0 aliphatic rings. The van der Waals surface area contributed by atoms with Gasteiger partial charge in [-0.1, -0.05) is 13.8 Å². The smallest absolute Gasteiger partial charge is 0.321 e. The van der Waals surface area contributed by atoms with Crippen molar-refractivity contribution < 1.29 is 9.53 Å². The van der Waals surface area contributed by atoms with Gasteiger partial charge in [0, 0.05) is 5.25 Å². The molecule has 0 N–H and O–H groups in total. The molecule has 0 amide bonds. The normalized spacial score (nSPS) is 13.9. The molecule has 1 atom stereocenters. The van der Waals surface area contributed by atoms with E-state index < -0.39 is 4.75 Å². The van der Waals surface area contributed by atoms with Crippen molar-refractivity contribution in [2.45, 2.75) is 51.0 Å². The fourth-order valence-corrected chi connectivity index (χ4v) is 2.27. The van der Waals surface area contributed by atoms with Crippen molar-refractivity contribution in [3.05, 3.63) is 0 Å². The van der Waals surface area contributed by atoms with Crippen molar-refractivity contribution >= 4 is 17.7 Å². The van der Waals surface area contributed by atoms with Crippen LogP contribution < -0.4 is 0 Å². The first-order valence-electron chi connectivity index (χ1n) is 4.79. The average molecular weight is 204 g/mol. The Balaban J connectivity index is 4.13. The molecular formula is C10H20O2S. The van der Waals surface area contributed by atoms with E-state index in [-0.39, 0.29) is 5.97 Å². The van der Waals surface area contributed by atoms with Crippen LogP contribution in [0, 0.1) is 0 Å². The van der Waals surface area contributed by atoms with Gasteiger partial charge in [-0.15, -0.1) is 11.8 Å². The van der Waals surface area contributed by atoms with Crippen molar-refractivity contribution in [2.75, 3.05) is 6.61 Å². The number of carbonyl (C=O) groups excluding carboxylic acids is 1. The molecule has 0 radical (unpaired) electrons. The highest BCUT2D eigenvalue weighted by Gasteiger charge is 2.31. The van der Waals surface area contributed by atoms with Crippen molar-refractivity contribution in [2.24, 2.45) is 0 Å². The Morgan fingerprint density at radius 3 is 2.38 bits per heavy atom. The molecular weight excluding hydrogens is 184 g/mol. The first kappa shape index (κ1) is 12.8. The summed E-state index contributed by atoms with van der Waals surface area (Å²) in [5, 5.41) is 0.499. The van der Waals surface area contributed by atoms with E-state index in [9.17, 15) is 4.79 Å². The minimum Gasteiger partial charge on any atom is -0.465 e. The maximum absolute atomic E-state index is 11.5. The van der Waals surface area contributed by atoms with Gasteiger partial charge in [0.25, 0.3) is 0 Å². The van der Waals surface area contributed by atoms with Crippen LogP contribution in [0.3, 0.4) is 0 Å². The van der Waals surface area contributed by atoms with Crippen LogP contribution in [-0.2, 0) is 9.53 Å². The van der Waals surface area contributed by atoms with Crippen LogP contribution in [0.15, 0.2) is 0 Å². The van der Waals surface area contributed by atoms with Gasteiger partial charge in [-0.3, -0.25) is 4.79 Å². The third kappa shape index (κ3) is 4.55. The number of rotatable bonds is 5. The summed E-state index contributed by atoms with van der Waals surface area (Å²) in [6, 6.07) is 0. The maximum atomic E-state index is 11.5. The molecule has 78 valence electrons. The number of hydrogen-bond acceptors (Lipinski definition) is 3. The first-order valence-corrected chi connectivity index (χ1v) is 5.67. The van der Waals surface area contributed by atoms with Crippen molar-refractivity contribution in [1.82, 2.24) is 0 Å². The third-order valence-corrected chi connectivity index (χ3v) is 3.33. The van der Waals surface area contributed by atoms with Crippen LogP contribution in [-0.4, -0.2) is 22.6 Å². The highest BCUT2D eigenvalue weighted by molar-refractivity contribution is 8.01. The molecule has 0 fully saturated rings. The zero-order valence-electron chi connectivity index (χ0n) is 9.22. The molecule has 2 nitrogen and oxygen atoms in total. The molecule has 0 heterocycles. The van der Waals surface area contributed by atoms with Crippen LogP contribution in [0.5, 0.6) is 0 Å². The molecule has 0 aliphatic carbocycles. The van der Waals surface area contributed by atoms with Crippen LogP contribution in [0.25, 0.3) is 0 Å². The van der Waals surface area contributed by atoms with E-state index >= 15 is 0 Å². The van der Waals surface area contributed by atoms with Crippen molar-refractivity contribution in [3.8, 4) is 0 Å². The second-order valence-electron chi connectivity index (χ2n) is 3.57. The lowest BCUT2D eigenvalue weighted by atomic mass is 10.2. The number of ether oxygens (including phenoxy) is 1. The number of thioether (sulfide) groups is 1. The Morgan fingerprint density at radius 2 is 2.00 bits per heavy atom. The molecule has 0 saturated heterocycles. The molecule has 0 aliphatic heterocycles. The Labute approximate surface area is 85.4 Å². The van der Waals surface area contributed by atoms with Gasteiger partial charge in [-0.05, 0) is 27.2 Å². The molecule has 3 heteroatoms. The molecule has 13 heavy (non-hydrogen) atoms. The Bertz CT molecular complexity index is 166. The first-order chi connectivity index (χ1) is 5.94. The van der Waals surface area contributed by atoms with Gasteiger partial charge >= 0.3 is 5.97 Å². The molecule has 0 saturated carbocycles. The van der Waals surface area contributed by atoms with Crippen LogP contribution in [0.1, 0.15) is 41.0 Å². The van der Waals surface area contributed by atoms with Crippen LogP contribution in [0.2, 0.25) is 0 Å². The van der Waals surface area contributed by atoms with E-state index in [0.717, 1.165) is 6.42 Å². The molecule has 0 aromatic rings. The fraction of sp³-hybridized carbons (Fsp3) is 0.900. The molecule has 0 unspecified atom stereocenters. The van der Waals surface area contributed by atoms with Crippen LogP contribution in [0.4, 0.5) is 0 Å². The SMILES string of the molecule is CCOC(=O)C(C)(C)S[C@@H](C)CC. The van der Waals surface area contributed by atoms with Gasteiger partial charge in [0.1, 0.15) is 4.75 Å². The lowest BCUT2D eigenvalue weighted by molar-refractivity contribution is -0.145. The standard InChI is InChI=1S/C10H20O2S/c1-6-8(3)13-10(4,5)9(11)12-7-2/h8H,6-7H2,1-5H3/t8-/m0/s1. The average Bonchev–Trinajstić information content (AvgIpc) is 2.04. The summed E-state index contributed by atoms with van der Waals surface area (Å²) in [5.74, 6) is -0.111. The summed E-state index contributed by atoms with van der Waals surface area (Å²) in [5.41, 5.74) is 0. The maximum Gasteiger partial charge on any atom is 0.321 e. The van der Waals surface area contributed by atoms with Crippen molar-refractivity contribution in [1.29, 1.82) is 0 Å². The second kappa shape index (κ2) is 5.53. The minimum absolute atomic E-state index is 0.111. The van der Waals surface area contributed by atoms with Gasteiger partial charge in [0.05, 0.1) is 6.61 Å². The highest BCUT2D eigenvalue weighted by atomic mass is 32.2. The van der Waals surface area contributed by atoms with E-state index in [1.165, 1.54) is 0 Å². The molecule has 0 rings (SSSR count). The van der Waals surface area contributed by atoms with E-state index in [0.29, 0.717) is 11.9 Å². The molecule has 0 aromatic heterocycles. The lowest BCUT2D eigenvalue weighted by Gasteiger charge is -2.24. The van der Waals surface area contributed by atoms with Gasteiger partial charge in [-0.25, -0.2) is 0 Å². The number of carbonyl (C=O) groups is 1. The van der Waals surface area contributed by atoms with Gasteiger partial charge in [-0.2, -0.15) is 0 Å². The zero-order chi connectivity index (χ0) is 10.5. The summed E-state index contributed by atoms with van der Waals surface area (Å²) in [6.45, 7) is 10.4. The Morgan fingerprint density at radius 1 is 1.46 bits per heavy atom. The third-order valence-electron chi connectivity index (χ3n) is 1.84. The summed E-state index contributed by atoms with van der Waals surface area (Å²) in [4.78, 5) is 11.5. The van der Waals surface area contributed by atoms with E-state index in [4.69, 9.17) is 4.74 Å². The highest BCUT2D eigenvalue weighted by Crippen LogP contribution is 2.31. The summed E-state index contributed by atoms with van der Waals surface area (Å²) in [6.07, 6.45) is 1.08. The zero-order valence-corrected chi connectivity index (χ0v) is 10.0. The largest absolute Gasteiger partial charge is 0.465 e. The second-order valence-corrected chi connectivity index (χ2v) is 5.63. The Hall–Kier alpha value is -0.180. The minimum atomic E-state index is -0.411. The van der Waals surface area contributed by atoms with E-state index in [1.807, 2.05) is 20.8 Å². The monoisotopic (exact) mass is 204 g/mol. The van der Waals surface area contributed by atoms with E-state index in [1.54, 1.807) is 11.8 Å². The predicted octanol–water partition coefficient (Wildman–Crippen LogP) is 2.86. The number of esters is 1. The quantitative estimate of drug-likeness (QED) is 0.644. The Kier molecular flexibility index (Phi) is 5.45. The summed E-state index contributed by atoms with van der Waals surface area (Å²) >= 11 is 1.68. The van der Waals surface area contributed by atoms with Gasteiger partial charge in [0.15, 0.2) is 0 Å². The van der Waals surface area contributed by atoms with Gasteiger partial charge < -0.3 is 4.74 Å². The molecule has 0 aromatic carbocycles.